The molecule has 0 aromatic rings. The number of rotatable bonds is 7. The van der Waals surface area contributed by atoms with Gasteiger partial charge in [-0.05, 0) is 32.2 Å². The van der Waals surface area contributed by atoms with Gasteiger partial charge in [0.2, 0.25) is 15.9 Å². The second-order valence-electron chi connectivity index (χ2n) is 6.14. The van der Waals surface area contributed by atoms with Crippen LogP contribution in [-0.4, -0.2) is 69.1 Å². The Bertz CT molecular complexity index is 458. The molecule has 6 nitrogen and oxygen atoms in total. The van der Waals surface area contributed by atoms with Crippen LogP contribution in [0, 0.1) is 11.8 Å². The lowest BCUT2D eigenvalue weighted by Crippen LogP contribution is -2.49. The number of nitrogens with zero attached hydrogens (tertiary/aromatic N) is 2. The molecule has 2 rings (SSSR count). The van der Waals surface area contributed by atoms with E-state index >= 15 is 0 Å². The summed E-state index contributed by atoms with van der Waals surface area (Å²) in [6.07, 6.45) is 1.86. The molecule has 1 aliphatic heterocycles. The first-order chi connectivity index (χ1) is 9.93. The molecule has 1 saturated heterocycles. The van der Waals surface area contributed by atoms with E-state index in [1.165, 1.54) is 0 Å². The molecular formula is C14H27N3O3S. The number of hydrogen-bond donors (Lipinski definition) is 1. The predicted molar refractivity (Wildman–Crippen MR) is 82.4 cm³/mol. The Kier molecular flexibility index (Phi) is 5.62. The Hall–Kier alpha value is -0.660. The summed E-state index contributed by atoms with van der Waals surface area (Å²) in [6.45, 7) is 8.56. The minimum atomic E-state index is -3.07. The predicted octanol–water partition coefficient (Wildman–Crippen LogP) is 0.116. The van der Waals surface area contributed by atoms with Gasteiger partial charge in [0, 0.05) is 38.6 Å². The maximum atomic E-state index is 12.1. The summed E-state index contributed by atoms with van der Waals surface area (Å²) in [5.41, 5.74) is 0. The number of nitrogens with one attached hydrogen (secondary N) is 1. The van der Waals surface area contributed by atoms with Crippen LogP contribution in [0.5, 0.6) is 0 Å². The molecule has 1 heterocycles. The van der Waals surface area contributed by atoms with Crippen molar-refractivity contribution in [3.8, 4) is 0 Å². The molecule has 1 N–H and O–H groups in total. The Morgan fingerprint density at radius 2 is 1.86 bits per heavy atom. The lowest BCUT2D eigenvalue weighted by atomic mass is 10.2. The first kappa shape index (κ1) is 16.7. The molecule has 7 heteroatoms. The molecule has 0 aromatic carbocycles. The zero-order chi connectivity index (χ0) is 15.5. The maximum absolute atomic E-state index is 12.1. The van der Waals surface area contributed by atoms with Crippen molar-refractivity contribution in [2.24, 2.45) is 11.8 Å². The third-order valence-electron chi connectivity index (χ3n) is 4.46. The minimum Gasteiger partial charge on any atom is -0.340 e. The largest absolute Gasteiger partial charge is 0.340 e. The zero-order valence-corrected chi connectivity index (χ0v) is 13.9. The van der Waals surface area contributed by atoms with Gasteiger partial charge in [0.15, 0.2) is 0 Å². The molecule has 122 valence electrons. The lowest BCUT2D eigenvalue weighted by Gasteiger charge is -2.35. The summed E-state index contributed by atoms with van der Waals surface area (Å²) >= 11 is 0. The van der Waals surface area contributed by atoms with E-state index in [9.17, 15) is 13.2 Å². The van der Waals surface area contributed by atoms with Crippen molar-refractivity contribution in [2.75, 3.05) is 45.0 Å². The molecule has 2 fully saturated rings. The highest BCUT2D eigenvalue weighted by atomic mass is 32.2. The van der Waals surface area contributed by atoms with Gasteiger partial charge in [-0.15, -0.1) is 0 Å². The molecule has 21 heavy (non-hydrogen) atoms. The number of hydrogen-bond acceptors (Lipinski definition) is 4. The van der Waals surface area contributed by atoms with Crippen molar-refractivity contribution < 1.29 is 13.2 Å². The van der Waals surface area contributed by atoms with Gasteiger partial charge in [0.25, 0.3) is 0 Å². The van der Waals surface area contributed by atoms with Crippen LogP contribution in [0.1, 0.15) is 26.7 Å². The van der Waals surface area contributed by atoms with Crippen LogP contribution in [-0.2, 0) is 14.8 Å². The Labute approximate surface area is 127 Å². The van der Waals surface area contributed by atoms with Crippen molar-refractivity contribution in [1.82, 2.24) is 14.5 Å². The van der Waals surface area contributed by atoms with E-state index in [0.29, 0.717) is 18.4 Å². The summed E-state index contributed by atoms with van der Waals surface area (Å²) < 4.78 is 25.2. The number of amides is 1. The van der Waals surface area contributed by atoms with Crippen molar-refractivity contribution in [2.45, 2.75) is 26.7 Å². The molecule has 1 amide bonds. The molecule has 0 aromatic heterocycles. The number of piperazine rings is 1. The highest BCUT2D eigenvalue weighted by Gasteiger charge is 2.41. The smallest absolute Gasteiger partial charge is 0.226 e. The van der Waals surface area contributed by atoms with Gasteiger partial charge < -0.3 is 4.90 Å². The maximum Gasteiger partial charge on any atom is 0.226 e. The number of sulfonamides is 1. The van der Waals surface area contributed by atoms with Crippen LogP contribution in [0.3, 0.4) is 0 Å². The topological polar surface area (TPSA) is 69.7 Å². The molecule has 1 aliphatic carbocycles. The van der Waals surface area contributed by atoms with Crippen LogP contribution in [0.2, 0.25) is 0 Å². The van der Waals surface area contributed by atoms with Crippen molar-refractivity contribution in [1.29, 1.82) is 0 Å². The fourth-order valence-electron chi connectivity index (χ4n) is 2.72. The lowest BCUT2D eigenvalue weighted by molar-refractivity contribution is -0.134. The first-order valence-electron chi connectivity index (χ1n) is 7.91. The molecular weight excluding hydrogens is 290 g/mol. The minimum absolute atomic E-state index is 0.132. The van der Waals surface area contributed by atoms with E-state index in [1.54, 1.807) is 6.92 Å². The van der Waals surface area contributed by atoms with E-state index in [0.717, 1.165) is 45.6 Å². The molecule has 0 radical (unpaired) electrons. The van der Waals surface area contributed by atoms with Gasteiger partial charge >= 0.3 is 0 Å². The average Bonchev–Trinajstić information content (AvgIpc) is 3.20. The molecule has 0 unspecified atom stereocenters. The molecule has 1 saturated carbocycles. The summed E-state index contributed by atoms with van der Waals surface area (Å²) in [6, 6.07) is 0. The van der Waals surface area contributed by atoms with Gasteiger partial charge in [0.1, 0.15) is 0 Å². The van der Waals surface area contributed by atoms with Crippen LogP contribution in [0.25, 0.3) is 0 Å². The van der Waals surface area contributed by atoms with Gasteiger partial charge in [-0.2, -0.15) is 0 Å². The molecule has 0 bridgehead atoms. The van der Waals surface area contributed by atoms with Crippen LogP contribution < -0.4 is 4.72 Å². The SMILES string of the molecule is CCS(=O)(=O)NCCCN1CCN(C(=O)[C@H]2C[C@@H]2C)CC1. The van der Waals surface area contributed by atoms with E-state index in [4.69, 9.17) is 0 Å². The highest BCUT2D eigenvalue weighted by molar-refractivity contribution is 7.89. The third kappa shape index (κ3) is 4.93. The molecule has 2 aliphatic rings. The second-order valence-corrected chi connectivity index (χ2v) is 8.23. The summed E-state index contributed by atoms with van der Waals surface area (Å²) in [5, 5.41) is 0. The Morgan fingerprint density at radius 3 is 2.38 bits per heavy atom. The normalized spacial score (nSPS) is 26.9. The standard InChI is InChI=1S/C14H27N3O3S/c1-3-21(19,20)15-5-4-6-16-7-9-17(10-8-16)14(18)13-11-12(13)2/h12-13,15H,3-11H2,1-2H3/t12-,13-/m0/s1. The monoisotopic (exact) mass is 317 g/mol. The summed E-state index contributed by atoms with van der Waals surface area (Å²) in [5.74, 6) is 1.31. The van der Waals surface area contributed by atoms with E-state index in [-0.39, 0.29) is 11.7 Å². The summed E-state index contributed by atoms with van der Waals surface area (Å²) in [4.78, 5) is 16.4. The highest BCUT2D eigenvalue weighted by Crippen LogP contribution is 2.39. The van der Waals surface area contributed by atoms with Crippen LogP contribution >= 0.6 is 0 Å². The fraction of sp³-hybridized carbons (Fsp3) is 0.929. The fourth-order valence-corrected chi connectivity index (χ4v) is 3.38. The van der Waals surface area contributed by atoms with Gasteiger partial charge in [-0.3, -0.25) is 9.69 Å². The number of carbonyl (C=O) groups is 1. The van der Waals surface area contributed by atoms with Gasteiger partial charge in [-0.25, -0.2) is 13.1 Å². The molecule has 0 spiro atoms. The molecule has 2 atom stereocenters. The summed E-state index contributed by atoms with van der Waals surface area (Å²) in [7, 11) is -3.07. The van der Waals surface area contributed by atoms with Gasteiger partial charge in [0.05, 0.1) is 5.75 Å². The first-order valence-corrected chi connectivity index (χ1v) is 9.56. The quantitative estimate of drug-likeness (QED) is 0.677. The second kappa shape index (κ2) is 7.07. The third-order valence-corrected chi connectivity index (χ3v) is 5.87. The Balaban J connectivity index is 1.60. The Morgan fingerprint density at radius 1 is 1.24 bits per heavy atom. The van der Waals surface area contributed by atoms with Crippen molar-refractivity contribution >= 4 is 15.9 Å². The van der Waals surface area contributed by atoms with Crippen molar-refractivity contribution in [3.63, 3.8) is 0 Å². The van der Waals surface area contributed by atoms with Crippen LogP contribution in [0.15, 0.2) is 0 Å². The average molecular weight is 317 g/mol. The van der Waals surface area contributed by atoms with E-state index < -0.39 is 10.0 Å². The number of carbonyl (C=O) groups excluding carboxylic acids is 1. The van der Waals surface area contributed by atoms with Crippen LogP contribution in [0.4, 0.5) is 0 Å². The van der Waals surface area contributed by atoms with Crippen molar-refractivity contribution in [3.05, 3.63) is 0 Å². The zero-order valence-electron chi connectivity index (χ0n) is 13.0. The van der Waals surface area contributed by atoms with E-state index in [2.05, 4.69) is 16.5 Å². The van der Waals surface area contributed by atoms with E-state index in [1.807, 2.05) is 4.90 Å². The van der Waals surface area contributed by atoms with Gasteiger partial charge in [-0.1, -0.05) is 6.92 Å².